The standard InChI is InChI=1S/C30H26BrNO5/c1-17(2)16-36-23-10-8-22(9-11-23)32-27(19-6-4-5-18(3)13-19)26(29(34)30(32)35)28(33)25-15-20-14-21(31)7-12-24(20)37-25/h4-15,17,27,34H,16H2,1-3H3. The molecule has 0 saturated carbocycles. The number of fused-ring (bicyclic) bond motifs is 1. The van der Waals surface area contributed by atoms with E-state index in [4.69, 9.17) is 9.15 Å². The Morgan fingerprint density at radius 3 is 2.54 bits per heavy atom. The normalized spacial score (nSPS) is 15.8. The van der Waals surface area contributed by atoms with Gasteiger partial charge in [0.25, 0.3) is 5.91 Å². The molecule has 3 aromatic carbocycles. The summed E-state index contributed by atoms with van der Waals surface area (Å²) in [6.07, 6.45) is 0. The lowest BCUT2D eigenvalue weighted by molar-refractivity contribution is -0.117. The summed E-state index contributed by atoms with van der Waals surface area (Å²) >= 11 is 3.43. The molecular formula is C30H26BrNO5. The maximum Gasteiger partial charge on any atom is 0.294 e. The van der Waals surface area contributed by atoms with Gasteiger partial charge >= 0.3 is 0 Å². The molecule has 188 valence electrons. The molecule has 1 aliphatic heterocycles. The molecule has 1 aliphatic rings. The van der Waals surface area contributed by atoms with Gasteiger partial charge in [0.15, 0.2) is 11.5 Å². The number of rotatable bonds is 7. The van der Waals surface area contributed by atoms with Gasteiger partial charge in [-0.1, -0.05) is 59.6 Å². The van der Waals surface area contributed by atoms with Crippen LogP contribution in [0, 0.1) is 12.8 Å². The van der Waals surface area contributed by atoms with E-state index >= 15 is 0 Å². The van der Waals surface area contributed by atoms with Crippen LogP contribution in [0.15, 0.2) is 93.0 Å². The van der Waals surface area contributed by atoms with Crippen LogP contribution >= 0.6 is 15.9 Å². The number of benzene rings is 3. The average molecular weight is 560 g/mol. The monoisotopic (exact) mass is 559 g/mol. The van der Waals surface area contributed by atoms with Gasteiger partial charge in [-0.05, 0) is 66.9 Å². The van der Waals surface area contributed by atoms with Gasteiger partial charge in [0.1, 0.15) is 11.3 Å². The molecular weight excluding hydrogens is 534 g/mol. The minimum Gasteiger partial charge on any atom is -0.503 e. The first-order valence-corrected chi connectivity index (χ1v) is 12.8. The quantitative estimate of drug-likeness (QED) is 0.240. The van der Waals surface area contributed by atoms with Gasteiger partial charge in [0.2, 0.25) is 5.78 Å². The van der Waals surface area contributed by atoms with E-state index in [0.29, 0.717) is 35.1 Å². The molecule has 4 aromatic rings. The van der Waals surface area contributed by atoms with Crippen LogP contribution in [0.25, 0.3) is 11.0 Å². The number of aryl methyl sites for hydroxylation is 1. The zero-order chi connectivity index (χ0) is 26.3. The van der Waals surface area contributed by atoms with Crippen molar-refractivity contribution in [3.8, 4) is 5.75 Å². The maximum absolute atomic E-state index is 13.8. The van der Waals surface area contributed by atoms with Crippen molar-refractivity contribution in [1.29, 1.82) is 0 Å². The molecule has 7 heteroatoms. The smallest absolute Gasteiger partial charge is 0.294 e. The second-order valence-electron chi connectivity index (χ2n) is 9.57. The molecule has 0 aliphatic carbocycles. The number of ether oxygens (including phenoxy) is 1. The van der Waals surface area contributed by atoms with E-state index in [1.54, 1.807) is 36.4 Å². The molecule has 1 atom stereocenters. The van der Waals surface area contributed by atoms with Crippen LogP contribution in [0.2, 0.25) is 0 Å². The van der Waals surface area contributed by atoms with E-state index in [2.05, 4.69) is 29.8 Å². The average Bonchev–Trinajstić information content (AvgIpc) is 3.41. The highest BCUT2D eigenvalue weighted by molar-refractivity contribution is 9.10. The Morgan fingerprint density at radius 1 is 1.08 bits per heavy atom. The van der Waals surface area contributed by atoms with Crippen LogP contribution in [0.4, 0.5) is 5.69 Å². The van der Waals surface area contributed by atoms with Crippen molar-refractivity contribution < 1.29 is 23.8 Å². The Labute approximate surface area is 223 Å². The number of halogens is 1. The fraction of sp³-hybridized carbons (Fsp3) is 0.200. The lowest BCUT2D eigenvalue weighted by Gasteiger charge is -2.27. The van der Waals surface area contributed by atoms with Crippen LogP contribution in [-0.4, -0.2) is 23.4 Å². The van der Waals surface area contributed by atoms with Crippen molar-refractivity contribution in [2.45, 2.75) is 26.8 Å². The number of hydrogen-bond donors (Lipinski definition) is 1. The Morgan fingerprint density at radius 2 is 1.84 bits per heavy atom. The van der Waals surface area contributed by atoms with Gasteiger partial charge in [0.05, 0.1) is 18.2 Å². The zero-order valence-electron chi connectivity index (χ0n) is 20.7. The molecule has 1 unspecified atom stereocenters. The van der Waals surface area contributed by atoms with Crippen LogP contribution in [0.5, 0.6) is 5.75 Å². The molecule has 5 rings (SSSR count). The second kappa shape index (κ2) is 9.90. The predicted molar refractivity (Wildman–Crippen MR) is 146 cm³/mol. The van der Waals surface area contributed by atoms with Crippen molar-refractivity contribution >= 4 is 44.3 Å². The molecule has 6 nitrogen and oxygen atoms in total. The Hall–Kier alpha value is -3.84. The number of amides is 1. The van der Waals surface area contributed by atoms with Crippen LogP contribution < -0.4 is 9.64 Å². The Bertz CT molecular complexity index is 1530. The van der Waals surface area contributed by atoms with Crippen molar-refractivity contribution in [1.82, 2.24) is 0 Å². The van der Waals surface area contributed by atoms with Crippen molar-refractivity contribution in [3.63, 3.8) is 0 Å². The third-order valence-electron chi connectivity index (χ3n) is 6.21. The van der Waals surface area contributed by atoms with E-state index < -0.39 is 23.5 Å². The number of hydrogen-bond acceptors (Lipinski definition) is 5. The molecule has 1 amide bonds. The summed E-state index contributed by atoms with van der Waals surface area (Å²) in [5, 5.41) is 11.8. The zero-order valence-corrected chi connectivity index (χ0v) is 22.3. The maximum atomic E-state index is 13.8. The third-order valence-corrected chi connectivity index (χ3v) is 6.70. The van der Waals surface area contributed by atoms with Gasteiger partial charge in [-0.3, -0.25) is 14.5 Å². The van der Waals surface area contributed by atoms with E-state index in [-0.39, 0.29) is 11.3 Å². The number of ketones is 1. The summed E-state index contributed by atoms with van der Waals surface area (Å²) in [4.78, 5) is 28.7. The topological polar surface area (TPSA) is 80.0 Å². The van der Waals surface area contributed by atoms with Gasteiger partial charge in [-0.15, -0.1) is 0 Å². The summed E-state index contributed by atoms with van der Waals surface area (Å²) in [6, 6.07) is 20.9. The van der Waals surface area contributed by atoms with Gasteiger partial charge < -0.3 is 14.3 Å². The summed E-state index contributed by atoms with van der Waals surface area (Å²) in [6.45, 7) is 6.64. The van der Waals surface area contributed by atoms with E-state index in [1.165, 1.54) is 4.90 Å². The molecule has 2 heterocycles. The van der Waals surface area contributed by atoms with Crippen LogP contribution in [0.1, 0.15) is 41.6 Å². The molecule has 1 aromatic heterocycles. The lowest BCUT2D eigenvalue weighted by Crippen LogP contribution is -2.31. The van der Waals surface area contributed by atoms with E-state index in [9.17, 15) is 14.7 Å². The summed E-state index contributed by atoms with van der Waals surface area (Å²) < 4.78 is 12.5. The number of anilines is 1. The first-order valence-electron chi connectivity index (χ1n) is 12.0. The van der Waals surface area contributed by atoms with E-state index in [0.717, 1.165) is 15.4 Å². The van der Waals surface area contributed by atoms with Crippen LogP contribution in [-0.2, 0) is 4.79 Å². The SMILES string of the molecule is Cc1cccc(C2C(C(=O)c3cc4cc(Br)ccc4o3)=C(O)C(=O)N2c2ccc(OCC(C)C)cc2)c1. The van der Waals surface area contributed by atoms with Crippen molar-refractivity contribution in [3.05, 3.63) is 105 Å². The Kier molecular flexibility index (Phi) is 6.65. The van der Waals surface area contributed by atoms with Gasteiger partial charge in [-0.25, -0.2) is 0 Å². The molecule has 0 bridgehead atoms. The van der Waals surface area contributed by atoms with Gasteiger partial charge in [0, 0.05) is 15.5 Å². The van der Waals surface area contributed by atoms with Crippen molar-refractivity contribution in [2.24, 2.45) is 5.92 Å². The van der Waals surface area contributed by atoms with Crippen LogP contribution in [0.3, 0.4) is 0 Å². The highest BCUT2D eigenvalue weighted by atomic mass is 79.9. The number of furan rings is 1. The Balaban J connectivity index is 1.57. The van der Waals surface area contributed by atoms with Gasteiger partial charge in [-0.2, -0.15) is 0 Å². The molecule has 0 saturated heterocycles. The first-order chi connectivity index (χ1) is 17.7. The number of carbonyl (C=O) groups is 2. The third kappa shape index (κ3) is 4.79. The molecule has 0 radical (unpaired) electrons. The predicted octanol–water partition coefficient (Wildman–Crippen LogP) is 7.32. The minimum absolute atomic E-state index is 0.0196. The number of aliphatic hydroxyl groups is 1. The fourth-order valence-corrected chi connectivity index (χ4v) is 4.86. The number of aliphatic hydroxyl groups excluding tert-OH is 1. The molecule has 1 N–H and O–H groups in total. The fourth-order valence-electron chi connectivity index (χ4n) is 4.48. The van der Waals surface area contributed by atoms with E-state index in [1.807, 2.05) is 43.3 Å². The minimum atomic E-state index is -0.831. The summed E-state index contributed by atoms with van der Waals surface area (Å²) in [5.41, 5.74) is 2.73. The lowest BCUT2D eigenvalue weighted by atomic mass is 9.94. The highest BCUT2D eigenvalue weighted by Crippen LogP contribution is 2.43. The number of Topliss-reactive ketones (excluding diaryl/α,β-unsaturated/α-hetero) is 1. The van der Waals surface area contributed by atoms with Crippen molar-refractivity contribution in [2.75, 3.05) is 11.5 Å². The number of nitrogens with zero attached hydrogens (tertiary/aromatic N) is 1. The molecule has 0 fully saturated rings. The second-order valence-corrected chi connectivity index (χ2v) is 10.5. The summed E-state index contributed by atoms with van der Waals surface area (Å²) in [7, 11) is 0. The first kappa shape index (κ1) is 24.8. The molecule has 0 spiro atoms. The largest absolute Gasteiger partial charge is 0.503 e. The summed E-state index contributed by atoms with van der Waals surface area (Å²) in [5.74, 6) is -0.663. The molecule has 37 heavy (non-hydrogen) atoms. The highest BCUT2D eigenvalue weighted by Gasteiger charge is 2.45. The number of carbonyl (C=O) groups excluding carboxylic acids is 2.